The molecule has 1 aliphatic rings. The normalized spacial score (nSPS) is 13.8. The number of carbonyl (C=O) groups excluding carboxylic acids is 2. The Morgan fingerprint density at radius 2 is 2.06 bits per heavy atom. The van der Waals surface area contributed by atoms with Gasteiger partial charge in [-0.05, 0) is 43.3 Å². The van der Waals surface area contributed by atoms with E-state index in [-0.39, 0.29) is 16.9 Å². The van der Waals surface area contributed by atoms with Crippen molar-refractivity contribution in [1.29, 1.82) is 0 Å². The highest BCUT2D eigenvalue weighted by Crippen LogP contribution is 2.28. The lowest BCUT2D eigenvalue weighted by Crippen LogP contribution is -2.35. The molecule has 0 saturated heterocycles. The molecule has 1 fully saturated rings. The summed E-state index contributed by atoms with van der Waals surface area (Å²) in [5, 5.41) is 5.68. The van der Waals surface area contributed by atoms with E-state index in [1.54, 1.807) is 24.3 Å². The van der Waals surface area contributed by atoms with E-state index in [0.29, 0.717) is 11.3 Å². The fraction of sp³-hybridized carbons (Fsp3) is 0.250. The van der Waals surface area contributed by atoms with Crippen LogP contribution in [0.3, 0.4) is 0 Å². The van der Waals surface area contributed by atoms with Crippen molar-refractivity contribution >= 4 is 34.8 Å². The first-order chi connectivity index (χ1) is 8.56. The molecule has 1 aromatic carbocycles. The number of carbonyl (C=O) groups is 2. The summed E-state index contributed by atoms with van der Waals surface area (Å²) in [6, 6.07) is 6.62. The molecule has 0 aliphatic heterocycles. The lowest BCUT2D eigenvalue weighted by molar-refractivity contribution is -0.120. The van der Waals surface area contributed by atoms with Crippen LogP contribution in [0.4, 0.5) is 5.69 Å². The number of thiocarbonyl (C=S) groups is 1. The van der Waals surface area contributed by atoms with E-state index in [9.17, 15) is 9.59 Å². The highest BCUT2D eigenvalue weighted by Gasteiger charge is 2.29. The third kappa shape index (κ3) is 3.27. The predicted molar refractivity (Wildman–Crippen MR) is 72.0 cm³/mol. The summed E-state index contributed by atoms with van der Waals surface area (Å²) in [7, 11) is 0. The van der Waals surface area contributed by atoms with Crippen molar-refractivity contribution in [3.05, 3.63) is 29.8 Å². The zero-order chi connectivity index (χ0) is 13.1. The van der Waals surface area contributed by atoms with Gasteiger partial charge in [-0.2, -0.15) is 0 Å². The van der Waals surface area contributed by atoms with Gasteiger partial charge in [0.25, 0.3) is 0 Å². The molecular weight excluding hydrogens is 250 g/mol. The Bertz CT molecular complexity index is 512. The molecule has 0 spiro atoms. The van der Waals surface area contributed by atoms with Crippen molar-refractivity contribution in [3.63, 3.8) is 0 Å². The lowest BCUT2D eigenvalue weighted by atomic mass is 10.2. The van der Waals surface area contributed by atoms with Gasteiger partial charge in [0.05, 0.1) is 0 Å². The topological polar surface area (TPSA) is 84.2 Å². The molecule has 0 atom stereocenters. The predicted octanol–water partition coefficient (Wildman–Crippen LogP) is 1.01. The van der Waals surface area contributed by atoms with Crippen LogP contribution in [0.2, 0.25) is 0 Å². The van der Waals surface area contributed by atoms with Crippen LogP contribution < -0.4 is 16.4 Å². The van der Waals surface area contributed by atoms with Crippen LogP contribution >= 0.6 is 12.2 Å². The van der Waals surface area contributed by atoms with Gasteiger partial charge in [-0.1, -0.05) is 6.07 Å². The minimum Gasteiger partial charge on any atom is -0.366 e. The second-order valence-electron chi connectivity index (χ2n) is 4.16. The zero-order valence-electron chi connectivity index (χ0n) is 9.60. The molecule has 0 bridgehead atoms. The Hall–Kier alpha value is -1.95. The molecule has 0 aromatic heterocycles. The lowest BCUT2D eigenvalue weighted by Gasteiger charge is -2.09. The summed E-state index contributed by atoms with van der Waals surface area (Å²) >= 11 is 5.01. The molecule has 5 nitrogen and oxygen atoms in total. The summed E-state index contributed by atoms with van der Waals surface area (Å²) in [6.45, 7) is 0. The number of hydrogen-bond donors (Lipinski definition) is 3. The standard InChI is InChI=1S/C12H13N3O2S/c13-10(16)8-2-1-3-9(6-8)14-12(18)15-11(17)7-4-5-7/h1-3,6-7H,4-5H2,(H2,13,16)(H2,14,15,17,18). The van der Waals surface area contributed by atoms with Gasteiger partial charge in [0.2, 0.25) is 11.8 Å². The maximum absolute atomic E-state index is 11.5. The molecule has 2 rings (SSSR count). The van der Waals surface area contributed by atoms with Crippen LogP contribution in [0.1, 0.15) is 23.2 Å². The molecule has 94 valence electrons. The smallest absolute Gasteiger partial charge is 0.248 e. The molecule has 1 aromatic rings. The number of hydrogen-bond acceptors (Lipinski definition) is 3. The van der Waals surface area contributed by atoms with E-state index < -0.39 is 5.91 Å². The monoisotopic (exact) mass is 263 g/mol. The highest BCUT2D eigenvalue weighted by molar-refractivity contribution is 7.80. The van der Waals surface area contributed by atoms with E-state index in [1.165, 1.54) is 0 Å². The van der Waals surface area contributed by atoms with Gasteiger partial charge >= 0.3 is 0 Å². The first-order valence-electron chi connectivity index (χ1n) is 5.58. The van der Waals surface area contributed by atoms with Gasteiger partial charge in [-0.3, -0.25) is 9.59 Å². The Kier molecular flexibility index (Phi) is 3.57. The molecule has 0 unspecified atom stereocenters. The summed E-state index contributed by atoms with van der Waals surface area (Å²) in [6.07, 6.45) is 1.84. The average Bonchev–Trinajstić information content (AvgIpc) is 3.12. The maximum Gasteiger partial charge on any atom is 0.248 e. The Balaban J connectivity index is 1.95. The van der Waals surface area contributed by atoms with Crippen molar-refractivity contribution < 1.29 is 9.59 Å². The molecule has 0 radical (unpaired) electrons. The minimum atomic E-state index is -0.508. The zero-order valence-corrected chi connectivity index (χ0v) is 10.4. The number of anilines is 1. The number of nitrogens with one attached hydrogen (secondary N) is 2. The van der Waals surface area contributed by atoms with Crippen LogP contribution in [0.15, 0.2) is 24.3 Å². The number of rotatable bonds is 3. The second kappa shape index (κ2) is 5.14. The largest absolute Gasteiger partial charge is 0.366 e. The van der Waals surface area contributed by atoms with Crippen molar-refractivity contribution in [2.45, 2.75) is 12.8 Å². The molecule has 4 N–H and O–H groups in total. The Morgan fingerprint density at radius 3 is 2.67 bits per heavy atom. The van der Waals surface area contributed by atoms with Crippen LogP contribution in [-0.4, -0.2) is 16.9 Å². The molecule has 0 heterocycles. The number of amides is 2. The first-order valence-corrected chi connectivity index (χ1v) is 5.99. The summed E-state index contributed by atoms with van der Waals surface area (Å²) in [5.41, 5.74) is 6.18. The molecule has 6 heteroatoms. The van der Waals surface area contributed by atoms with E-state index in [0.717, 1.165) is 12.8 Å². The van der Waals surface area contributed by atoms with Gasteiger partial charge in [0.1, 0.15) is 0 Å². The van der Waals surface area contributed by atoms with Gasteiger partial charge in [-0.15, -0.1) is 0 Å². The summed E-state index contributed by atoms with van der Waals surface area (Å²) in [5.74, 6) is -0.466. The number of primary amides is 1. The average molecular weight is 263 g/mol. The van der Waals surface area contributed by atoms with Crippen LogP contribution in [0.25, 0.3) is 0 Å². The maximum atomic E-state index is 11.5. The van der Waals surface area contributed by atoms with Gasteiger partial charge in [0, 0.05) is 17.2 Å². The number of benzene rings is 1. The van der Waals surface area contributed by atoms with Crippen molar-refractivity contribution in [2.75, 3.05) is 5.32 Å². The molecule has 2 amide bonds. The SMILES string of the molecule is NC(=O)c1cccc(NC(=S)NC(=O)C2CC2)c1. The van der Waals surface area contributed by atoms with Gasteiger partial charge in [0.15, 0.2) is 5.11 Å². The fourth-order valence-electron chi connectivity index (χ4n) is 1.47. The third-order valence-electron chi connectivity index (χ3n) is 2.59. The summed E-state index contributed by atoms with van der Waals surface area (Å²) in [4.78, 5) is 22.5. The quantitative estimate of drug-likeness (QED) is 0.711. The van der Waals surface area contributed by atoms with Crippen LogP contribution in [0.5, 0.6) is 0 Å². The first kappa shape index (κ1) is 12.5. The van der Waals surface area contributed by atoms with Gasteiger partial charge in [-0.25, -0.2) is 0 Å². The minimum absolute atomic E-state index is 0.0569. The molecule has 1 saturated carbocycles. The van der Waals surface area contributed by atoms with E-state index >= 15 is 0 Å². The van der Waals surface area contributed by atoms with Crippen molar-refractivity contribution in [1.82, 2.24) is 5.32 Å². The van der Waals surface area contributed by atoms with Crippen molar-refractivity contribution in [3.8, 4) is 0 Å². The van der Waals surface area contributed by atoms with E-state index in [4.69, 9.17) is 18.0 Å². The second-order valence-corrected chi connectivity index (χ2v) is 4.57. The van der Waals surface area contributed by atoms with Gasteiger partial charge < -0.3 is 16.4 Å². The van der Waals surface area contributed by atoms with E-state index in [1.807, 2.05) is 0 Å². The molecule has 1 aliphatic carbocycles. The third-order valence-corrected chi connectivity index (χ3v) is 2.79. The summed E-state index contributed by atoms with van der Waals surface area (Å²) < 4.78 is 0. The highest BCUT2D eigenvalue weighted by atomic mass is 32.1. The van der Waals surface area contributed by atoms with E-state index in [2.05, 4.69) is 10.6 Å². The van der Waals surface area contributed by atoms with Crippen LogP contribution in [0, 0.1) is 5.92 Å². The number of nitrogens with two attached hydrogens (primary N) is 1. The molecular formula is C12H13N3O2S. The van der Waals surface area contributed by atoms with Crippen molar-refractivity contribution in [2.24, 2.45) is 11.7 Å². The molecule has 18 heavy (non-hydrogen) atoms. The van der Waals surface area contributed by atoms with Crippen LogP contribution in [-0.2, 0) is 4.79 Å². The Labute approximate surface area is 110 Å². The fourth-order valence-corrected chi connectivity index (χ4v) is 1.69. The Morgan fingerprint density at radius 1 is 1.33 bits per heavy atom.